The molecule has 0 amide bonds. The van der Waals surface area contributed by atoms with E-state index in [9.17, 15) is 4.39 Å². The Bertz CT molecular complexity index is 2310. The lowest BCUT2D eigenvalue weighted by atomic mass is 9.79. The number of para-hydroxylation sites is 1. The van der Waals surface area contributed by atoms with Crippen molar-refractivity contribution >= 4 is 33.9 Å². The number of nitrogens with zero attached hydrogens (tertiary/aromatic N) is 1. The summed E-state index contributed by atoms with van der Waals surface area (Å²) in [6, 6.07) is 26.1. The van der Waals surface area contributed by atoms with Crippen LogP contribution in [-0.4, -0.2) is 18.0 Å². The van der Waals surface area contributed by atoms with E-state index in [1.54, 1.807) is 0 Å². The SMILES string of the molecule is FC1CC=C(C2=N[C@@H](c3cc(C4=CC=CC5C6=C(C=CCC6)OC45)cc(C4CC=Cc5c4oc4ccccc54)c3)CC(c3ccccc3)=C2)CC1. The summed E-state index contributed by atoms with van der Waals surface area (Å²) in [5, 5.41) is 1.16. The van der Waals surface area contributed by atoms with Crippen molar-refractivity contribution < 1.29 is 13.5 Å². The van der Waals surface area contributed by atoms with Crippen LogP contribution in [0.5, 0.6) is 0 Å². The van der Waals surface area contributed by atoms with Gasteiger partial charge in [-0.15, -0.1) is 0 Å². The van der Waals surface area contributed by atoms with Gasteiger partial charge in [0.1, 0.15) is 29.4 Å². The summed E-state index contributed by atoms with van der Waals surface area (Å²) >= 11 is 0. The van der Waals surface area contributed by atoms with Crippen LogP contribution in [0.4, 0.5) is 4.39 Å². The fourth-order valence-electron chi connectivity index (χ4n) is 9.01. The predicted molar refractivity (Wildman–Crippen MR) is 205 cm³/mol. The van der Waals surface area contributed by atoms with Crippen molar-refractivity contribution in [3.8, 4) is 0 Å². The van der Waals surface area contributed by atoms with E-state index in [0.717, 1.165) is 59.5 Å². The second-order valence-corrected chi connectivity index (χ2v) is 14.7. The number of dihydropyridines is 1. The summed E-state index contributed by atoms with van der Waals surface area (Å²) in [5.41, 5.74) is 13.0. The van der Waals surface area contributed by atoms with E-state index in [2.05, 4.69) is 121 Å². The minimum atomic E-state index is -0.770. The average molecular weight is 670 g/mol. The minimum Gasteiger partial charge on any atom is -0.485 e. The van der Waals surface area contributed by atoms with Crippen LogP contribution in [0.1, 0.15) is 90.5 Å². The fraction of sp³-hybridized carbons (Fsp3) is 0.255. The number of ether oxygens (including phenoxy) is 1. The molecule has 5 atom stereocenters. The molecule has 0 saturated carbocycles. The molecular weight excluding hydrogens is 630 g/mol. The zero-order valence-corrected chi connectivity index (χ0v) is 28.6. The first-order valence-corrected chi connectivity index (χ1v) is 18.6. The molecule has 252 valence electrons. The highest BCUT2D eigenvalue weighted by atomic mass is 19.1. The lowest BCUT2D eigenvalue weighted by Crippen LogP contribution is -2.21. The van der Waals surface area contributed by atoms with Crippen LogP contribution in [0.15, 0.2) is 148 Å². The van der Waals surface area contributed by atoms with Gasteiger partial charge in [-0.1, -0.05) is 103 Å². The van der Waals surface area contributed by atoms with Crippen molar-refractivity contribution in [3.05, 3.63) is 172 Å². The van der Waals surface area contributed by atoms with Crippen LogP contribution in [0.2, 0.25) is 0 Å². The van der Waals surface area contributed by atoms with Gasteiger partial charge in [-0.3, -0.25) is 4.99 Å². The van der Waals surface area contributed by atoms with Gasteiger partial charge in [-0.2, -0.15) is 0 Å². The molecule has 4 heteroatoms. The Morgan fingerprint density at radius 2 is 1.71 bits per heavy atom. The van der Waals surface area contributed by atoms with E-state index in [1.807, 2.05) is 6.07 Å². The first kappa shape index (κ1) is 30.6. The number of alkyl halides is 1. The van der Waals surface area contributed by atoms with Crippen LogP contribution >= 0.6 is 0 Å². The molecule has 0 radical (unpaired) electrons. The number of fused-ring (bicyclic) bond motifs is 5. The molecule has 0 N–H and O–H groups in total. The molecule has 4 aromatic rings. The molecule has 3 aromatic carbocycles. The van der Waals surface area contributed by atoms with Crippen LogP contribution in [0, 0.1) is 5.92 Å². The smallest absolute Gasteiger partial charge is 0.134 e. The van der Waals surface area contributed by atoms with Crippen molar-refractivity contribution in [2.24, 2.45) is 10.9 Å². The summed E-state index contributed by atoms with van der Waals surface area (Å²) in [4.78, 5) is 5.48. The Morgan fingerprint density at radius 3 is 2.61 bits per heavy atom. The molecule has 0 saturated heterocycles. The van der Waals surface area contributed by atoms with Crippen molar-refractivity contribution in [2.45, 2.75) is 69.2 Å². The quantitative estimate of drug-likeness (QED) is 0.212. The summed E-state index contributed by atoms with van der Waals surface area (Å²) in [6.07, 6.45) is 24.7. The van der Waals surface area contributed by atoms with E-state index < -0.39 is 6.17 Å². The molecule has 1 aromatic heterocycles. The lowest BCUT2D eigenvalue weighted by molar-refractivity contribution is 0.182. The van der Waals surface area contributed by atoms with Gasteiger partial charge in [-0.05, 0) is 108 Å². The monoisotopic (exact) mass is 669 g/mol. The van der Waals surface area contributed by atoms with E-state index >= 15 is 0 Å². The molecule has 2 aliphatic heterocycles. The van der Waals surface area contributed by atoms with Crippen LogP contribution < -0.4 is 0 Å². The Hall–Kier alpha value is -5.22. The molecule has 4 aliphatic carbocycles. The number of allylic oxidation sites excluding steroid dienone is 8. The normalized spacial score (nSPS) is 26.5. The predicted octanol–water partition coefficient (Wildman–Crippen LogP) is 12.0. The third kappa shape index (κ3) is 5.44. The first-order chi connectivity index (χ1) is 25.2. The number of benzene rings is 3. The van der Waals surface area contributed by atoms with E-state index in [4.69, 9.17) is 14.1 Å². The van der Waals surface area contributed by atoms with Crippen molar-refractivity contribution in [1.82, 2.24) is 0 Å². The number of furan rings is 1. The van der Waals surface area contributed by atoms with Crippen LogP contribution in [-0.2, 0) is 4.74 Å². The van der Waals surface area contributed by atoms with Gasteiger partial charge in [0.05, 0.1) is 11.8 Å². The van der Waals surface area contributed by atoms with Crippen molar-refractivity contribution in [3.63, 3.8) is 0 Å². The largest absolute Gasteiger partial charge is 0.485 e. The maximum atomic E-state index is 14.3. The van der Waals surface area contributed by atoms with Crippen LogP contribution in [0.3, 0.4) is 0 Å². The van der Waals surface area contributed by atoms with Gasteiger partial charge < -0.3 is 9.15 Å². The molecule has 0 spiro atoms. The first-order valence-electron chi connectivity index (χ1n) is 18.6. The molecule has 3 heterocycles. The maximum Gasteiger partial charge on any atom is 0.134 e. The number of hydrogen-bond acceptors (Lipinski definition) is 3. The number of hydrogen-bond donors (Lipinski definition) is 0. The maximum absolute atomic E-state index is 14.3. The molecule has 0 fully saturated rings. The van der Waals surface area contributed by atoms with Gasteiger partial charge in [0, 0.05) is 28.4 Å². The van der Waals surface area contributed by atoms with E-state index in [0.29, 0.717) is 19.3 Å². The second-order valence-electron chi connectivity index (χ2n) is 14.7. The van der Waals surface area contributed by atoms with E-state index in [-0.39, 0.29) is 24.0 Å². The summed E-state index contributed by atoms with van der Waals surface area (Å²) < 4.78 is 27.7. The molecule has 10 rings (SSSR count). The summed E-state index contributed by atoms with van der Waals surface area (Å²) in [6.45, 7) is 0. The Kier molecular flexibility index (Phi) is 7.51. The summed E-state index contributed by atoms with van der Waals surface area (Å²) in [7, 11) is 0. The average Bonchev–Trinajstić information content (AvgIpc) is 3.77. The summed E-state index contributed by atoms with van der Waals surface area (Å²) in [5.74, 6) is 2.40. The molecule has 51 heavy (non-hydrogen) atoms. The highest BCUT2D eigenvalue weighted by Crippen LogP contribution is 2.48. The van der Waals surface area contributed by atoms with Crippen molar-refractivity contribution in [2.75, 3.05) is 0 Å². The van der Waals surface area contributed by atoms with Crippen LogP contribution in [0.25, 0.3) is 28.2 Å². The third-order valence-corrected chi connectivity index (χ3v) is 11.6. The number of halogens is 1. The lowest BCUT2D eigenvalue weighted by Gasteiger charge is -2.29. The zero-order chi connectivity index (χ0) is 33.9. The fourth-order valence-corrected chi connectivity index (χ4v) is 9.01. The zero-order valence-electron chi connectivity index (χ0n) is 28.6. The van der Waals surface area contributed by atoms with Gasteiger partial charge in [0.2, 0.25) is 0 Å². The number of rotatable bonds is 5. The minimum absolute atomic E-state index is 0.0508. The van der Waals surface area contributed by atoms with Gasteiger partial charge >= 0.3 is 0 Å². The topological polar surface area (TPSA) is 34.7 Å². The van der Waals surface area contributed by atoms with Gasteiger partial charge in [0.15, 0.2) is 0 Å². The molecule has 6 aliphatic rings. The molecular formula is C47H40FNO2. The Labute approximate surface area is 298 Å². The Morgan fingerprint density at radius 1 is 0.824 bits per heavy atom. The highest BCUT2D eigenvalue weighted by molar-refractivity contribution is 6.13. The molecule has 4 unspecified atom stereocenters. The molecule has 0 bridgehead atoms. The van der Waals surface area contributed by atoms with E-state index in [1.165, 1.54) is 44.5 Å². The third-order valence-electron chi connectivity index (χ3n) is 11.6. The van der Waals surface area contributed by atoms with Crippen molar-refractivity contribution in [1.29, 1.82) is 0 Å². The van der Waals surface area contributed by atoms with Gasteiger partial charge in [-0.25, -0.2) is 4.39 Å². The Balaban J connectivity index is 1.11. The number of aliphatic imine (C=N–C) groups is 1. The molecule has 3 nitrogen and oxygen atoms in total. The standard InChI is InChI=1S/C47H40FNO2/c48-35-22-20-30(21-23-35)42-27-31(29-10-2-1-3-11-29)28-43(49-42)34-25-32(36-14-8-16-40-38-12-4-6-18-44(38)50-46(36)40)24-33(26-34)37-15-9-17-41-39-13-5-7-19-45(39)51-47(37)41/h1-4,6-12,15-20,24-27,35-36,41,43,47H,5,13-14,21-23,28H2/t35?,36?,41?,43-,47?/m1/s1. The van der Waals surface area contributed by atoms with Gasteiger partial charge in [0.25, 0.3) is 0 Å². The second kappa shape index (κ2) is 12.5. The highest BCUT2D eigenvalue weighted by Gasteiger charge is 2.39.